The van der Waals surface area contributed by atoms with Gasteiger partial charge in [0.1, 0.15) is 0 Å². The average molecular weight is 268 g/mol. The minimum absolute atomic E-state index is 0.102. The second-order valence-corrected chi connectivity index (χ2v) is 6.01. The lowest BCUT2D eigenvalue weighted by Crippen LogP contribution is -2.61. The quantitative estimate of drug-likeness (QED) is 0.864. The van der Waals surface area contributed by atoms with E-state index in [0.29, 0.717) is 0 Å². The molecule has 0 unspecified atom stereocenters. The van der Waals surface area contributed by atoms with Crippen molar-refractivity contribution in [1.29, 1.82) is 0 Å². The Morgan fingerprint density at radius 1 is 1.61 bits per heavy atom. The summed E-state index contributed by atoms with van der Waals surface area (Å²) in [5, 5.41) is 7.06. The van der Waals surface area contributed by atoms with Crippen LogP contribution >= 0.6 is 11.3 Å². The summed E-state index contributed by atoms with van der Waals surface area (Å²) in [6.07, 6.45) is 1.89. The third kappa shape index (κ3) is 2.64. The maximum atomic E-state index is 11.8. The molecule has 1 amide bonds. The molecule has 0 bridgehead atoms. The monoisotopic (exact) mass is 268 g/mol. The lowest BCUT2D eigenvalue weighted by molar-refractivity contribution is -0.135. The van der Waals surface area contributed by atoms with Gasteiger partial charge in [-0.1, -0.05) is 0 Å². The molecule has 2 N–H and O–H groups in total. The summed E-state index contributed by atoms with van der Waals surface area (Å²) in [7, 11) is 0. The number of thiazole rings is 1. The SMILES string of the molecule is CCNc1ncc(CN2CCNC(=O)C2(C)C)s1. The van der Waals surface area contributed by atoms with Gasteiger partial charge in [0.15, 0.2) is 5.13 Å². The number of anilines is 1. The van der Waals surface area contributed by atoms with Crippen molar-refractivity contribution in [3.63, 3.8) is 0 Å². The van der Waals surface area contributed by atoms with Gasteiger partial charge in [-0.2, -0.15) is 0 Å². The number of aromatic nitrogens is 1. The fourth-order valence-electron chi connectivity index (χ4n) is 2.02. The molecule has 6 heteroatoms. The van der Waals surface area contributed by atoms with Crippen molar-refractivity contribution in [3.8, 4) is 0 Å². The number of hydrogen-bond donors (Lipinski definition) is 2. The Hall–Kier alpha value is -1.14. The number of carbonyl (C=O) groups excluding carboxylic acids is 1. The zero-order valence-electron chi connectivity index (χ0n) is 11.1. The zero-order valence-corrected chi connectivity index (χ0v) is 11.9. The lowest BCUT2D eigenvalue weighted by atomic mass is 9.99. The van der Waals surface area contributed by atoms with Crippen LogP contribution in [0.2, 0.25) is 0 Å². The molecule has 100 valence electrons. The largest absolute Gasteiger partial charge is 0.362 e. The highest BCUT2D eigenvalue weighted by Crippen LogP contribution is 2.24. The van der Waals surface area contributed by atoms with Gasteiger partial charge >= 0.3 is 0 Å². The molecule has 18 heavy (non-hydrogen) atoms. The van der Waals surface area contributed by atoms with Crippen molar-refractivity contribution in [2.45, 2.75) is 32.9 Å². The van der Waals surface area contributed by atoms with E-state index in [1.807, 2.05) is 20.0 Å². The average Bonchev–Trinajstić information content (AvgIpc) is 2.74. The van der Waals surface area contributed by atoms with E-state index in [9.17, 15) is 4.79 Å². The van der Waals surface area contributed by atoms with Crippen LogP contribution in [0.1, 0.15) is 25.6 Å². The van der Waals surface area contributed by atoms with Gasteiger partial charge in [-0.25, -0.2) is 4.98 Å². The summed E-state index contributed by atoms with van der Waals surface area (Å²) in [6.45, 7) is 9.25. The molecule has 1 aliphatic heterocycles. The van der Waals surface area contributed by atoms with Crippen LogP contribution in [0.25, 0.3) is 0 Å². The number of amides is 1. The van der Waals surface area contributed by atoms with Crippen molar-refractivity contribution in [3.05, 3.63) is 11.1 Å². The molecule has 1 aliphatic rings. The molecular formula is C12H20N4OS. The molecule has 1 saturated heterocycles. The third-order valence-electron chi connectivity index (χ3n) is 3.24. The van der Waals surface area contributed by atoms with Gasteiger partial charge in [0.25, 0.3) is 0 Å². The maximum absolute atomic E-state index is 11.8. The molecule has 1 aromatic rings. The summed E-state index contributed by atoms with van der Waals surface area (Å²) < 4.78 is 0. The molecular weight excluding hydrogens is 248 g/mol. The van der Waals surface area contributed by atoms with Crippen LogP contribution in [0.15, 0.2) is 6.20 Å². The summed E-state index contributed by atoms with van der Waals surface area (Å²) in [4.78, 5) is 19.6. The molecule has 0 aromatic carbocycles. The van der Waals surface area contributed by atoms with E-state index < -0.39 is 5.54 Å². The molecule has 0 saturated carbocycles. The number of piperazine rings is 1. The van der Waals surface area contributed by atoms with Gasteiger partial charge in [-0.15, -0.1) is 11.3 Å². The van der Waals surface area contributed by atoms with Crippen LogP contribution in [-0.4, -0.2) is 41.0 Å². The molecule has 0 radical (unpaired) electrons. The Bertz CT molecular complexity index is 429. The van der Waals surface area contributed by atoms with E-state index in [4.69, 9.17) is 0 Å². The Labute approximate surface area is 112 Å². The predicted octanol–water partition coefficient (Wildman–Crippen LogP) is 1.29. The number of nitrogens with zero attached hydrogens (tertiary/aromatic N) is 2. The van der Waals surface area contributed by atoms with Crippen LogP contribution in [0.5, 0.6) is 0 Å². The van der Waals surface area contributed by atoms with E-state index in [1.165, 1.54) is 4.88 Å². The molecule has 0 aliphatic carbocycles. The zero-order chi connectivity index (χ0) is 13.2. The first-order valence-corrected chi connectivity index (χ1v) is 7.07. The maximum Gasteiger partial charge on any atom is 0.240 e. The van der Waals surface area contributed by atoms with Crippen LogP contribution in [0.3, 0.4) is 0 Å². The van der Waals surface area contributed by atoms with E-state index in [1.54, 1.807) is 11.3 Å². The highest BCUT2D eigenvalue weighted by atomic mass is 32.1. The summed E-state index contributed by atoms with van der Waals surface area (Å²) in [6, 6.07) is 0. The second-order valence-electron chi connectivity index (χ2n) is 4.90. The van der Waals surface area contributed by atoms with Gasteiger partial charge < -0.3 is 10.6 Å². The number of nitrogens with one attached hydrogen (secondary N) is 2. The third-order valence-corrected chi connectivity index (χ3v) is 4.18. The molecule has 1 fully saturated rings. The van der Waals surface area contributed by atoms with Crippen LogP contribution in [0.4, 0.5) is 5.13 Å². The first-order chi connectivity index (χ1) is 8.54. The normalized spacial score (nSPS) is 19.6. The predicted molar refractivity (Wildman–Crippen MR) is 73.8 cm³/mol. The lowest BCUT2D eigenvalue weighted by Gasteiger charge is -2.40. The highest BCUT2D eigenvalue weighted by Gasteiger charge is 2.37. The molecule has 0 atom stereocenters. The minimum Gasteiger partial charge on any atom is -0.362 e. The number of rotatable bonds is 4. The standard InChI is InChI=1S/C12H20N4OS/c1-4-13-11-15-7-9(18-11)8-16-6-5-14-10(17)12(16,2)3/h7H,4-6,8H2,1-3H3,(H,13,15)(H,14,17). The van der Waals surface area contributed by atoms with Gasteiger partial charge in [-0.3, -0.25) is 9.69 Å². The van der Waals surface area contributed by atoms with Gasteiger partial charge in [0.2, 0.25) is 5.91 Å². The fraction of sp³-hybridized carbons (Fsp3) is 0.667. The molecule has 5 nitrogen and oxygen atoms in total. The second kappa shape index (κ2) is 5.24. The van der Waals surface area contributed by atoms with Crippen LogP contribution < -0.4 is 10.6 Å². The molecule has 1 aromatic heterocycles. The molecule has 2 rings (SSSR count). The summed E-state index contributed by atoms with van der Waals surface area (Å²) in [5.74, 6) is 0.102. The van der Waals surface area contributed by atoms with E-state index >= 15 is 0 Å². The van der Waals surface area contributed by atoms with Crippen molar-refractivity contribution in [2.75, 3.05) is 25.0 Å². The fourth-order valence-corrected chi connectivity index (χ4v) is 2.92. The highest BCUT2D eigenvalue weighted by molar-refractivity contribution is 7.15. The van der Waals surface area contributed by atoms with E-state index in [0.717, 1.165) is 31.3 Å². The number of hydrogen-bond acceptors (Lipinski definition) is 5. The summed E-state index contributed by atoms with van der Waals surface area (Å²) >= 11 is 1.66. The molecule has 2 heterocycles. The topological polar surface area (TPSA) is 57.3 Å². The Morgan fingerprint density at radius 2 is 2.39 bits per heavy atom. The van der Waals surface area contributed by atoms with Crippen LogP contribution in [0, 0.1) is 0 Å². The van der Waals surface area contributed by atoms with Crippen LogP contribution in [-0.2, 0) is 11.3 Å². The first kappa shape index (κ1) is 13.3. The Morgan fingerprint density at radius 3 is 3.11 bits per heavy atom. The van der Waals surface area contributed by atoms with Crippen molar-refractivity contribution < 1.29 is 4.79 Å². The number of carbonyl (C=O) groups is 1. The van der Waals surface area contributed by atoms with E-state index in [-0.39, 0.29) is 5.91 Å². The minimum atomic E-state index is -0.444. The first-order valence-electron chi connectivity index (χ1n) is 6.26. The Balaban J connectivity index is 2.05. The smallest absolute Gasteiger partial charge is 0.240 e. The van der Waals surface area contributed by atoms with Gasteiger partial charge in [0.05, 0.1) is 5.54 Å². The van der Waals surface area contributed by atoms with Gasteiger partial charge in [0, 0.05) is 37.3 Å². The van der Waals surface area contributed by atoms with Crippen molar-refractivity contribution >= 4 is 22.4 Å². The summed E-state index contributed by atoms with van der Waals surface area (Å²) in [5.41, 5.74) is -0.444. The van der Waals surface area contributed by atoms with Crippen molar-refractivity contribution in [1.82, 2.24) is 15.2 Å². The Kier molecular flexibility index (Phi) is 3.87. The molecule has 0 spiro atoms. The van der Waals surface area contributed by atoms with Gasteiger partial charge in [-0.05, 0) is 20.8 Å². The van der Waals surface area contributed by atoms with Crippen molar-refractivity contribution in [2.24, 2.45) is 0 Å². The van der Waals surface area contributed by atoms with E-state index in [2.05, 4.69) is 27.4 Å².